The molecule has 2 N–H and O–H groups in total. The third-order valence-electron chi connectivity index (χ3n) is 2.58. The maximum atomic E-state index is 5.96. The minimum Gasteiger partial charge on any atom is -0.324 e. The van der Waals surface area contributed by atoms with Crippen LogP contribution in [-0.4, -0.2) is 0 Å². The number of rotatable bonds is 0. The van der Waals surface area contributed by atoms with E-state index in [0.29, 0.717) is 0 Å². The Morgan fingerprint density at radius 3 is 2.85 bits per heavy atom. The van der Waals surface area contributed by atoms with Crippen molar-refractivity contribution in [3.05, 3.63) is 33.3 Å². The van der Waals surface area contributed by atoms with Gasteiger partial charge in [-0.2, -0.15) is 0 Å². The number of hydrogen-bond donors (Lipinski definition) is 1. The van der Waals surface area contributed by atoms with Crippen LogP contribution < -0.4 is 5.73 Å². The maximum absolute atomic E-state index is 5.96. The Hall–Kier alpha value is -0.0500. The second kappa shape index (κ2) is 3.99. The van der Waals surface area contributed by atoms with Crippen LogP contribution in [-0.2, 0) is 6.42 Å². The summed E-state index contributed by atoms with van der Waals surface area (Å²) in [5, 5.41) is 0. The second-order valence-corrected chi connectivity index (χ2v) is 4.35. The molecule has 2 rings (SSSR count). The SMILES string of the molecule is Cc1cc(Br)cc2c1CCC2N.Cl. The Kier molecular flexibility index (Phi) is 3.38. The Morgan fingerprint density at radius 2 is 2.15 bits per heavy atom. The fourth-order valence-corrected chi connectivity index (χ4v) is 2.52. The normalized spacial score (nSPS) is 19.5. The van der Waals surface area contributed by atoms with Gasteiger partial charge in [0.15, 0.2) is 0 Å². The van der Waals surface area contributed by atoms with Crippen molar-refractivity contribution in [2.75, 3.05) is 0 Å². The summed E-state index contributed by atoms with van der Waals surface area (Å²) >= 11 is 3.49. The van der Waals surface area contributed by atoms with Crippen LogP contribution in [0.2, 0.25) is 0 Å². The van der Waals surface area contributed by atoms with E-state index in [9.17, 15) is 0 Å². The van der Waals surface area contributed by atoms with E-state index in [0.717, 1.165) is 17.3 Å². The van der Waals surface area contributed by atoms with Crippen LogP contribution in [0.1, 0.15) is 29.2 Å². The van der Waals surface area contributed by atoms with Gasteiger partial charge in [-0.3, -0.25) is 0 Å². The lowest BCUT2D eigenvalue weighted by Crippen LogP contribution is -2.05. The van der Waals surface area contributed by atoms with Crippen LogP contribution in [0.15, 0.2) is 16.6 Å². The molecule has 0 radical (unpaired) electrons. The van der Waals surface area contributed by atoms with Crippen LogP contribution in [0, 0.1) is 6.92 Å². The first-order chi connectivity index (χ1) is 5.68. The second-order valence-electron chi connectivity index (χ2n) is 3.44. The highest BCUT2D eigenvalue weighted by Crippen LogP contribution is 2.33. The molecule has 13 heavy (non-hydrogen) atoms. The van der Waals surface area contributed by atoms with Gasteiger partial charge in [-0.15, -0.1) is 12.4 Å². The third kappa shape index (κ3) is 1.90. The monoisotopic (exact) mass is 261 g/mol. The van der Waals surface area contributed by atoms with Crippen molar-refractivity contribution >= 4 is 28.3 Å². The van der Waals surface area contributed by atoms with E-state index >= 15 is 0 Å². The van der Waals surface area contributed by atoms with Crippen molar-refractivity contribution in [2.45, 2.75) is 25.8 Å². The van der Waals surface area contributed by atoms with Crippen LogP contribution in [0.25, 0.3) is 0 Å². The van der Waals surface area contributed by atoms with Crippen LogP contribution >= 0.6 is 28.3 Å². The molecule has 1 aliphatic carbocycles. The maximum Gasteiger partial charge on any atom is 0.0301 e. The number of nitrogens with two attached hydrogens (primary N) is 1. The fraction of sp³-hybridized carbons (Fsp3) is 0.400. The highest BCUT2D eigenvalue weighted by atomic mass is 79.9. The van der Waals surface area contributed by atoms with Gasteiger partial charge in [0, 0.05) is 10.5 Å². The minimum absolute atomic E-state index is 0. The standard InChI is InChI=1S/C10H12BrN.ClH/c1-6-4-7(11)5-9-8(6)2-3-10(9)12;/h4-5,10H,2-3,12H2,1H3;1H. The van der Waals surface area contributed by atoms with E-state index in [-0.39, 0.29) is 18.4 Å². The lowest BCUT2D eigenvalue weighted by atomic mass is 10.0. The molecule has 72 valence electrons. The summed E-state index contributed by atoms with van der Waals surface area (Å²) in [6.45, 7) is 2.15. The number of hydrogen-bond acceptors (Lipinski definition) is 1. The zero-order valence-electron chi connectivity index (χ0n) is 7.51. The van der Waals surface area contributed by atoms with Crippen molar-refractivity contribution in [3.8, 4) is 0 Å². The molecule has 1 nitrogen and oxygen atoms in total. The molecule has 0 saturated heterocycles. The van der Waals surface area contributed by atoms with Crippen molar-refractivity contribution in [1.29, 1.82) is 0 Å². The van der Waals surface area contributed by atoms with E-state index in [4.69, 9.17) is 5.73 Å². The molecule has 0 amide bonds. The zero-order chi connectivity index (χ0) is 8.72. The Labute approximate surface area is 93.2 Å². The molecule has 1 unspecified atom stereocenters. The summed E-state index contributed by atoms with van der Waals surface area (Å²) < 4.78 is 1.15. The molecular weight excluding hydrogens is 249 g/mol. The van der Waals surface area contributed by atoms with Crippen molar-refractivity contribution in [3.63, 3.8) is 0 Å². The average molecular weight is 263 g/mol. The van der Waals surface area contributed by atoms with Gasteiger partial charge in [0.1, 0.15) is 0 Å². The first-order valence-corrected chi connectivity index (χ1v) is 5.02. The highest BCUT2D eigenvalue weighted by Gasteiger charge is 2.20. The summed E-state index contributed by atoms with van der Waals surface area (Å²) in [5.74, 6) is 0. The van der Waals surface area contributed by atoms with E-state index in [2.05, 4.69) is 35.0 Å². The lowest BCUT2D eigenvalue weighted by Gasteiger charge is -2.07. The number of benzene rings is 1. The molecule has 1 atom stereocenters. The average Bonchev–Trinajstić information content (AvgIpc) is 2.33. The Balaban J connectivity index is 0.000000845. The van der Waals surface area contributed by atoms with Gasteiger partial charge in [0.2, 0.25) is 0 Å². The van der Waals surface area contributed by atoms with Gasteiger partial charge in [-0.05, 0) is 48.6 Å². The molecule has 0 fully saturated rings. The van der Waals surface area contributed by atoms with E-state index in [1.54, 1.807) is 0 Å². The summed E-state index contributed by atoms with van der Waals surface area (Å²) in [6, 6.07) is 4.58. The summed E-state index contributed by atoms with van der Waals surface area (Å²) in [7, 11) is 0. The molecular formula is C10H13BrClN. The number of aryl methyl sites for hydroxylation is 1. The largest absolute Gasteiger partial charge is 0.324 e. The first-order valence-electron chi connectivity index (χ1n) is 4.23. The van der Waals surface area contributed by atoms with Gasteiger partial charge in [0.05, 0.1) is 0 Å². The predicted molar refractivity (Wildman–Crippen MR) is 61.4 cm³/mol. The smallest absolute Gasteiger partial charge is 0.0301 e. The molecule has 1 aromatic rings. The van der Waals surface area contributed by atoms with Gasteiger partial charge in [-0.1, -0.05) is 15.9 Å². The van der Waals surface area contributed by atoms with Crippen LogP contribution in [0.5, 0.6) is 0 Å². The number of halogens is 2. The van der Waals surface area contributed by atoms with Crippen LogP contribution in [0.4, 0.5) is 0 Å². The molecule has 0 aromatic heterocycles. The molecule has 0 aliphatic heterocycles. The molecule has 0 heterocycles. The zero-order valence-corrected chi connectivity index (χ0v) is 9.91. The van der Waals surface area contributed by atoms with Crippen molar-refractivity contribution < 1.29 is 0 Å². The minimum atomic E-state index is 0. The molecule has 1 aliphatic rings. The van der Waals surface area contributed by atoms with Crippen molar-refractivity contribution in [2.24, 2.45) is 5.73 Å². The lowest BCUT2D eigenvalue weighted by molar-refractivity contribution is 0.713. The fourth-order valence-electron chi connectivity index (χ4n) is 1.93. The Bertz CT molecular complexity index is 325. The molecule has 3 heteroatoms. The summed E-state index contributed by atoms with van der Waals surface area (Å²) in [6.07, 6.45) is 2.25. The molecule has 0 bridgehead atoms. The third-order valence-corrected chi connectivity index (χ3v) is 3.03. The summed E-state index contributed by atoms with van der Waals surface area (Å²) in [4.78, 5) is 0. The van der Waals surface area contributed by atoms with Gasteiger partial charge in [-0.25, -0.2) is 0 Å². The van der Waals surface area contributed by atoms with Gasteiger partial charge < -0.3 is 5.73 Å². The number of fused-ring (bicyclic) bond motifs is 1. The van der Waals surface area contributed by atoms with Gasteiger partial charge in [0.25, 0.3) is 0 Å². The first kappa shape index (κ1) is 11.0. The van der Waals surface area contributed by atoms with Crippen molar-refractivity contribution in [1.82, 2.24) is 0 Å². The Morgan fingerprint density at radius 1 is 1.46 bits per heavy atom. The summed E-state index contributed by atoms with van der Waals surface area (Å²) in [5.41, 5.74) is 10.1. The molecule has 0 spiro atoms. The van der Waals surface area contributed by atoms with E-state index in [1.807, 2.05) is 0 Å². The van der Waals surface area contributed by atoms with Gasteiger partial charge >= 0.3 is 0 Å². The topological polar surface area (TPSA) is 26.0 Å². The van der Waals surface area contributed by atoms with E-state index < -0.39 is 0 Å². The van der Waals surface area contributed by atoms with Crippen LogP contribution in [0.3, 0.4) is 0 Å². The quantitative estimate of drug-likeness (QED) is 0.764. The molecule has 0 saturated carbocycles. The predicted octanol–water partition coefficient (Wildman–Crippen LogP) is 3.13. The van der Waals surface area contributed by atoms with E-state index in [1.165, 1.54) is 16.7 Å². The highest BCUT2D eigenvalue weighted by molar-refractivity contribution is 9.10. The molecule has 1 aromatic carbocycles.